The number of rotatable bonds is 5. The van der Waals surface area contributed by atoms with Crippen LogP contribution in [-0.4, -0.2) is 47.5 Å². The van der Waals surface area contributed by atoms with Crippen molar-refractivity contribution in [2.24, 2.45) is 0 Å². The van der Waals surface area contributed by atoms with Gasteiger partial charge in [0, 0.05) is 32.1 Å². The predicted molar refractivity (Wildman–Crippen MR) is 126 cm³/mol. The Balaban J connectivity index is 1.50. The molecule has 2 aliphatic heterocycles. The van der Waals surface area contributed by atoms with E-state index in [9.17, 15) is 13.6 Å². The van der Waals surface area contributed by atoms with Gasteiger partial charge in [0.05, 0.1) is 30.5 Å². The number of nitrogens with zero attached hydrogens (tertiary/aromatic N) is 4. The lowest BCUT2D eigenvalue weighted by molar-refractivity contribution is 0.0728. The summed E-state index contributed by atoms with van der Waals surface area (Å²) in [5.74, 6) is -0.697. The van der Waals surface area contributed by atoms with E-state index in [2.05, 4.69) is 9.88 Å². The molecule has 0 saturated carbocycles. The number of hydrogen-bond acceptors (Lipinski definition) is 6. The third-order valence-electron chi connectivity index (χ3n) is 6.38. The van der Waals surface area contributed by atoms with Crippen LogP contribution in [0.1, 0.15) is 40.9 Å². The van der Waals surface area contributed by atoms with Crippen molar-refractivity contribution in [3.8, 4) is 17.4 Å². The molecule has 1 saturated heterocycles. The molecule has 0 bridgehead atoms. The molecule has 0 atom stereocenters. The number of halogens is 2. The van der Waals surface area contributed by atoms with Gasteiger partial charge in [0.2, 0.25) is 11.8 Å². The highest BCUT2D eigenvalue weighted by Crippen LogP contribution is 2.33. The van der Waals surface area contributed by atoms with E-state index in [1.54, 1.807) is 23.1 Å². The number of carbonyl (C=O) groups is 1. The number of methoxy groups -OCH3 is 1. The summed E-state index contributed by atoms with van der Waals surface area (Å²) in [6.07, 6.45) is 3.80. The third kappa shape index (κ3) is 4.76. The van der Waals surface area contributed by atoms with Crippen LogP contribution in [0.3, 0.4) is 0 Å². The summed E-state index contributed by atoms with van der Waals surface area (Å²) in [4.78, 5) is 26.6. The van der Waals surface area contributed by atoms with Crippen LogP contribution in [0.25, 0.3) is 0 Å². The first-order chi connectivity index (χ1) is 17.0. The highest BCUT2D eigenvalue weighted by molar-refractivity contribution is 5.97. The maximum absolute atomic E-state index is 13.9. The summed E-state index contributed by atoms with van der Waals surface area (Å²) < 4.78 is 38.7. The third-order valence-corrected chi connectivity index (χ3v) is 6.38. The Morgan fingerprint density at radius 1 is 0.971 bits per heavy atom. The monoisotopic (exact) mass is 480 g/mol. The average Bonchev–Trinajstić information content (AvgIpc) is 2.90. The van der Waals surface area contributed by atoms with Crippen molar-refractivity contribution in [1.82, 2.24) is 14.9 Å². The van der Waals surface area contributed by atoms with Gasteiger partial charge in [-0.15, -0.1) is 0 Å². The van der Waals surface area contributed by atoms with E-state index in [-0.39, 0.29) is 24.1 Å². The van der Waals surface area contributed by atoms with Crippen LogP contribution in [0, 0.1) is 11.6 Å². The summed E-state index contributed by atoms with van der Waals surface area (Å²) >= 11 is 0. The van der Waals surface area contributed by atoms with Gasteiger partial charge in [-0.1, -0.05) is 12.1 Å². The van der Waals surface area contributed by atoms with Crippen molar-refractivity contribution in [2.45, 2.75) is 32.2 Å². The highest BCUT2D eigenvalue weighted by Gasteiger charge is 2.29. The summed E-state index contributed by atoms with van der Waals surface area (Å²) in [5, 5.41) is 0. The lowest BCUT2D eigenvalue weighted by atomic mass is 10.0. The summed E-state index contributed by atoms with van der Waals surface area (Å²) in [6.45, 7) is 2.40. The van der Waals surface area contributed by atoms with Crippen molar-refractivity contribution >= 4 is 11.9 Å². The van der Waals surface area contributed by atoms with E-state index in [4.69, 9.17) is 14.5 Å². The van der Waals surface area contributed by atoms with E-state index < -0.39 is 11.6 Å². The van der Waals surface area contributed by atoms with Gasteiger partial charge < -0.3 is 19.3 Å². The van der Waals surface area contributed by atoms with Crippen molar-refractivity contribution in [2.75, 3.05) is 31.6 Å². The van der Waals surface area contributed by atoms with Crippen LogP contribution in [0.2, 0.25) is 0 Å². The molecule has 1 amide bonds. The average molecular weight is 481 g/mol. The van der Waals surface area contributed by atoms with Gasteiger partial charge in [0.1, 0.15) is 11.5 Å². The fourth-order valence-corrected chi connectivity index (χ4v) is 4.51. The SMILES string of the molecule is COc1ccccc1C(=O)N1CCc2nc(N3CCCCC3)nc(Oc3ccc(F)c(F)c3)c2C1. The van der Waals surface area contributed by atoms with E-state index in [1.807, 2.05) is 6.07 Å². The molecule has 182 valence electrons. The van der Waals surface area contributed by atoms with Gasteiger partial charge in [-0.3, -0.25) is 4.79 Å². The van der Waals surface area contributed by atoms with Crippen LogP contribution in [0.4, 0.5) is 14.7 Å². The van der Waals surface area contributed by atoms with Crippen molar-refractivity contribution in [3.05, 3.63) is 70.9 Å². The first-order valence-electron chi connectivity index (χ1n) is 11.7. The molecule has 3 heterocycles. The minimum absolute atomic E-state index is 0.127. The zero-order valence-electron chi connectivity index (χ0n) is 19.5. The van der Waals surface area contributed by atoms with Crippen LogP contribution in [0.15, 0.2) is 42.5 Å². The smallest absolute Gasteiger partial charge is 0.257 e. The molecule has 7 nitrogen and oxygen atoms in total. The number of anilines is 1. The van der Waals surface area contributed by atoms with Gasteiger partial charge in [0.15, 0.2) is 11.6 Å². The molecule has 1 aromatic heterocycles. The summed E-state index contributed by atoms with van der Waals surface area (Å²) in [7, 11) is 1.53. The Hall–Kier alpha value is -3.75. The summed E-state index contributed by atoms with van der Waals surface area (Å²) in [6, 6.07) is 10.4. The van der Waals surface area contributed by atoms with Gasteiger partial charge >= 0.3 is 0 Å². The number of carbonyl (C=O) groups excluding carboxylic acids is 1. The maximum Gasteiger partial charge on any atom is 0.257 e. The minimum Gasteiger partial charge on any atom is -0.496 e. The fraction of sp³-hybridized carbons (Fsp3) is 0.346. The van der Waals surface area contributed by atoms with E-state index >= 15 is 0 Å². The second-order valence-electron chi connectivity index (χ2n) is 8.66. The molecule has 0 N–H and O–H groups in total. The zero-order chi connectivity index (χ0) is 24.4. The number of piperidine rings is 1. The molecule has 0 spiro atoms. The number of benzene rings is 2. The van der Waals surface area contributed by atoms with Crippen molar-refractivity contribution < 1.29 is 23.0 Å². The Morgan fingerprint density at radius 3 is 2.54 bits per heavy atom. The van der Waals surface area contributed by atoms with Crippen LogP contribution >= 0.6 is 0 Å². The highest BCUT2D eigenvalue weighted by atomic mass is 19.2. The normalized spacial score (nSPS) is 15.5. The standard InChI is InChI=1S/C26H26F2N4O3/c1-34-23-8-4-3-7-18(23)25(33)32-14-11-22-19(16-32)24(35-17-9-10-20(27)21(28)15-17)30-26(29-22)31-12-5-2-6-13-31/h3-4,7-10,15H,2,5-6,11-14,16H2,1H3. The molecule has 35 heavy (non-hydrogen) atoms. The Bertz CT molecular complexity index is 1250. The first kappa shape index (κ1) is 23.0. The molecule has 2 aromatic carbocycles. The number of para-hydroxylation sites is 1. The first-order valence-corrected chi connectivity index (χ1v) is 11.7. The van der Waals surface area contributed by atoms with E-state index in [0.717, 1.165) is 43.8 Å². The Morgan fingerprint density at radius 2 is 1.77 bits per heavy atom. The molecule has 2 aliphatic rings. The Labute approximate surface area is 202 Å². The quantitative estimate of drug-likeness (QED) is 0.525. The number of fused-ring (bicyclic) bond motifs is 1. The molecule has 1 fully saturated rings. The number of ether oxygens (including phenoxy) is 2. The lowest BCUT2D eigenvalue weighted by Gasteiger charge is -2.32. The van der Waals surface area contributed by atoms with Crippen LogP contribution in [0.5, 0.6) is 17.4 Å². The predicted octanol–water partition coefficient (Wildman–Crippen LogP) is 4.74. The van der Waals surface area contributed by atoms with Gasteiger partial charge in [-0.2, -0.15) is 4.98 Å². The largest absolute Gasteiger partial charge is 0.496 e. The molecule has 0 unspecified atom stereocenters. The Kier molecular flexibility index (Phi) is 6.48. The number of aromatic nitrogens is 2. The lowest BCUT2D eigenvalue weighted by Crippen LogP contribution is -2.38. The van der Waals surface area contributed by atoms with Crippen molar-refractivity contribution in [1.29, 1.82) is 0 Å². The fourth-order valence-electron chi connectivity index (χ4n) is 4.51. The molecular weight excluding hydrogens is 454 g/mol. The topological polar surface area (TPSA) is 67.8 Å². The van der Waals surface area contributed by atoms with Crippen LogP contribution in [-0.2, 0) is 13.0 Å². The van der Waals surface area contributed by atoms with E-state index in [0.29, 0.717) is 35.8 Å². The van der Waals surface area contributed by atoms with Gasteiger partial charge in [-0.05, 0) is 43.5 Å². The molecular formula is C26H26F2N4O3. The van der Waals surface area contributed by atoms with Crippen LogP contribution < -0.4 is 14.4 Å². The summed E-state index contributed by atoms with van der Waals surface area (Å²) in [5.41, 5.74) is 1.92. The van der Waals surface area contributed by atoms with E-state index in [1.165, 1.54) is 19.6 Å². The van der Waals surface area contributed by atoms with Crippen molar-refractivity contribution in [3.63, 3.8) is 0 Å². The molecule has 5 rings (SSSR count). The minimum atomic E-state index is -1.00. The number of hydrogen-bond donors (Lipinski definition) is 0. The second-order valence-corrected chi connectivity index (χ2v) is 8.66. The molecule has 9 heteroatoms. The van der Waals surface area contributed by atoms with Gasteiger partial charge in [0.25, 0.3) is 5.91 Å². The van der Waals surface area contributed by atoms with Gasteiger partial charge in [-0.25, -0.2) is 13.8 Å². The second kappa shape index (κ2) is 9.85. The number of amides is 1. The molecule has 3 aromatic rings. The molecule has 0 aliphatic carbocycles. The molecule has 0 radical (unpaired) electrons. The zero-order valence-corrected chi connectivity index (χ0v) is 19.5. The maximum atomic E-state index is 13.9.